The van der Waals surface area contributed by atoms with Crippen LogP contribution in [0.1, 0.15) is 11.0 Å². The lowest BCUT2D eigenvalue weighted by Gasteiger charge is -2.26. The molecule has 0 aliphatic carbocycles. The first-order valence-electron chi connectivity index (χ1n) is 5.16. The normalized spacial score (nSPS) is 18.1. The molecule has 0 saturated heterocycles. The fraction of sp³-hybridized carbons (Fsp3) is 0.167. The number of thiophene rings is 1. The second-order valence-corrected chi connectivity index (χ2v) is 6.09. The summed E-state index contributed by atoms with van der Waals surface area (Å²) in [7, 11) is 0. The van der Waals surface area contributed by atoms with Gasteiger partial charge < -0.3 is 10.1 Å². The number of rotatable bonds is 1. The van der Waals surface area contributed by atoms with Gasteiger partial charge in [0.1, 0.15) is 5.75 Å². The number of halogens is 2. The van der Waals surface area contributed by atoms with Crippen molar-refractivity contribution in [3.8, 4) is 5.75 Å². The molecule has 1 aromatic heterocycles. The molecule has 0 bridgehead atoms. The molecule has 5 heteroatoms. The van der Waals surface area contributed by atoms with Gasteiger partial charge in [0.15, 0.2) is 6.10 Å². The third kappa shape index (κ3) is 2.30. The van der Waals surface area contributed by atoms with Gasteiger partial charge in [-0.2, -0.15) is 0 Å². The molecule has 17 heavy (non-hydrogen) atoms. The molecule has 2 aromatic rings. The van der Waals surface area contributed by atoms with E-state index < -0.39 is 0 Å². The second kappa shape index (κ2) is 4.52. The fourth-order valence-corrected chi connectivity index (χ4v) is 3.43. The molecule has 0 fully saturated rings. The number of ether oxygens (including phenoxy) is 1. The molecule has 3 rings (SSSR count). The summed E-state index contributed by atoms with van der Waals surface area (Å²) >= 11 is 11.1. The molecule has 0 amide bonds. The predicted molar refractivity (Wildman–Crippen MR) is 75.3 cm³/mol. The Morgan fingerprint density at radius 2 is 2.29 bits per heavy atom. The summed E-state index contributed by atoms with van der Waals surface area (Å²) in [4.78, 5) is 1.20. The highest BCUT2D eigenvalue weighted by molar-refractivity contribution is 9.10. The summed E-state index contributed by atoms with van der Waals surface area (Å²) < 4.78 is 7.05. The Morgan fingerprint density at radius 1 is 1.41 bits per heavy atom. The Morgan fingerprint density at radius 3 is 3.06 bits per heavy atom. The Kier molecular flexibility index (Phi) is 3.03. The van der Waals surface area contributed by atoms with E-state index in [4.69, 9.17) is 16.3 Å². The van der Waals surface area contributed by atoms with Gasteiger partial charge in [0.05, 0.1) is 12.2 Å². The molecule has 88 valence electrons. The minimum atomic E-state index is 0.0530. The Balaban J connectivity index is 1.89. The summed E-state index contributed by atoms with van der Waals surface area (Å²) in [6.45, 7) is 0.779. The molecule has 2 heterocycles. The predicted octanol–water partition coefficient (Wildman–Crippen LogP) is 4.71. The van der Waals surface area contributed by atoms with Crippen LogP contribution in [0.5, 0.6) is 5.75 Å². The van der Waals surface area contributed by atoms with Gasteiger partial charge in [-0.3, -0.25) is 0 Å². The zero-order chi connectivity index (χ0) is 11.8. The van der Waals surface area contributed by atoms with Crippen LogP contribution >= 0.6 is 38.9 Å². The van der Waals surface area contributed by atoms with Gasteiger partial charge in [-0.05, 0) is 34.1 Å². The Labute approximate surface area is 117 Å². The van der Waals surface area contributed by atoms with Crippen molar-refractivity contribution in [1.82, 2.24) is 0 Å². The number of hydrogen-bond donors (Lipinski definition) is 1. The fourth-order valence-electron chi connectivity index (χ4n) is 1.79. The summed E-state index contributed by atoms with van der Waals surface area (Å²) in [5.74, 6) is 0.818. The molecule has 1 aromatic carbocycles. The summed E-state index contributed by atoms with van der Waals surface area (Å²) in [6.07, 6.45) is 0.0530. The third-order valence-electron chi connectivity index (χ3n) is 2.60. The van der Waals surface area contributed by atoms with Gasteiger partial charge in [0.25, 0.3) is 0 Å². The standard InChI is InChI=1S/C12H9BrClNOS/c13-7-3-12(17-6-7)11-5-15-9-2-1-8(14)4-10(9)16-11/h1-4,6,11,15H,5H2. The molecule has 2 nitrogen and oxygen atoms in total. The van der Waals surface area contributed by atoms with Crippen LogP contribution < -0.4 is 10.1 Å². The van der Waals surface area contributed by atoms with E-state index in [-0.39, 0.29) is 6.10 Å². The number of hydrogen-bond acceptors (Lipinski definition) is 3. The van der Waals surface area contributed by atoms with E-state index in [0.717, 1.165) is 22.5 Å². The number of anilines is 1. The Bertz CT molecular complexity index is 557. The lowest BCUT2D eigenvalue weighted by Crippen LogP contribution is -2.22. The maximum atomic E-state index is 5.96. The summed E-state index contributed by atoms with van der Waals surface area (Å²) in [5.41, 5.74) is 1.00. The van der Waals surface area contributed by atoms with Gasteiger partial charge in [-0.25, -0.2) is 0 Å². The van der Waals surface area contributed by atoms with Crippen LogP contribution in [-0.4, -0.2) is 6.54 Å². The van der Waals surface area contributed by atoms with E-state index in [1.165, 1.54) is 4.88 Å². The zero-order valence-electron chi connectivity index (χ0n) is 8.74. The average molecular weight is 331 g/mol. The van der Waals surface area contributed by atoms with Crippen LogP contribution in [0.4, 0.5) is 5.69 Å². The molecular formula is C12H9BrClNOS. The van der Waals surface area contributed by atoms with Crippen LogP contribution in [0.15, 0.2) is 34.1 Å². The molecule has 0 spiro atoms. The minimum absolute atomic E-state index is 0.0530. The minimum Gasteiger partial charge on any atom is -0.481 e. The van der Waals surface area contributed by atoms with Crippen molar-refractivity contribution in [2.45, 2.75) is 6.10 Å². The number of fused-ring (bicyclic) bond motifs is 1. The molecule has 1 aliphatic rings. The highest BCUT2D eigenvalue weighted by Gasteiger charge is 2.22. The first kappa shape index (κ1) is 11.4. The lowest BCUT2D eigenvalue weighted by molar-refractivity contribution is 0.214. The third-order valence-corrected chi connectivity index (χ3v) is 4.62. The number of nitrogens with one attached hydrogen (secondary N) is 1. The zero-order valence-corrected chi connectivity index (χ0v) is 11.9. The average Bonchev–Trinajstić information content (AvgIpc) is 2.75. The van der Waals surface area contributed by atoms with Gasteiger partial charge >= 0.3 is 0 Å². The van der Waals surface area contributed by atoms with E-state index in [0.29, 0.717) is 5.02 Å². The van der Waals surface area contributed by atoms with E-state index >= 15 is 0 Å². The van der Waals surface area contributed by atoms with Gasteiger partial charge in [0.2, 0.25) is 0 Å². The highest BCUT2D eigenvalue weighted by atomic mass is 79.9. The van der Waals surface area contributed by atoms with E-state index in [2.05, 4.69) is 32.7 Å². The summed E-state index contributed by atoms with van der Waals surface area (Å²) in [6, 6.07) is 7.74. The van der Waals surface area contributed by atoms with Crippen LogP contribution in [0.2, 0.25) is 5.02 Å². The molecule has 1 N–H and O–H groups in total. The second-order valence-electron chi connectivity index (χ2n) is 3.80. The molecule has 0 saturated carbocycles. The van der Waals surface area contributed by atoms with Crippen molar-refractivity contribution in [3.63, 3.8) is 0 Å². The Hall–Kier alpha value is -0.710. The van der Waals surface area contributed by atoms with E-state index in [1.54, 1.807) is 11.3 Å². The lowest BCUT2D eigenvalue weighted by atomic mass is 10.2. The van der Waals surface area contributed by atoms with Gasteiger partial charge in [-0.15, -0.1) is 11.3 Å². The molecule has 1 atom stereocenters. The molecule has 1 unspecified atom stereocenters. The van der Waals surface area contributed by atoms with Crippen LogP contribution in [-0.2, 0) is 0 Å². The maximum Gasteiger partial charge on any atom is 0.150 e. The number of benzene rings is 1. The topological polar surface area (TPSA) is 21.3 Å². The van der Waals surface area contributed by atoms with Gasteiger partial charge in [-0.1, -0.05) is 11.6 Å². The molecule has 1 aliphatic heterocycles. The van der Waals surface area contributed by atoms with Crippen LogP contribution in [0, 0.1) is 0 Å². The van der Waals surface area contributed by atoms with Crippen LogP contribution in [0.25, 0.3) is 0 Å². The first-order valence-corrected chi connectivity index (χ1v) is 7.21. The highest BCUT2D eigenvalue weighted by Crippen LogP contribution is 2.38. The van der Waals surface area contributed by atoms with E-state index in [9.17, 15) is 0 Å². The van der Waals surface area contributed by atoms with Crippen molar-refractivity contribution < 1.29 is 4.74 Å². The van der Waals surface area contributed by atoms with Crippen molar-refractivity contribution in [3.05, 3.63) is 44.0 Å². The van der Waals surface area contributed by atoms with Crippen LogP contribution in [0.3, 0.4) is 0 Å². The van der Waals surface area contributed by atoms with Crippen molar-refractivity contribution in [2.24, 2.45) is 0 Å². The first-order chi connectivity index (χ1) is 8.22. The summed E-state index contributed by atoms with van der Waals surface area (Å²) in [5, 5.41) is 6.11. The monoisotopic (exact) mass is 329 g/mol. The molecular weight excluding hydrogens is 322 g/mol. The van der Waals surface area contributed by atoms with Crippen molar-refractivity contribution in [2.75, 3.05) is 11.9 Å². The smallest absolute Gasteiger partial charge is 0.150 e. The largest absolute Gasteiger partial charge is 0.481 e. The van der Waals surface area contributed by atoms with Gasteiger partial charge in [0, 0.05) is 25.8 Å². The van der Waals surface area contributed by atoms with Crippen molar-refractivity contribution in [1.29, 1.82) is 0 Å². The SMILES string of the molecule is Clc1ccc2c(c1)OC(c1cc(Br)cs1)CN2. The molecule has 0 radical (unpaired) electrons. The maximum absolute atomic E-state index is 5.96. The van der Waals surface area contributed by atoms with E-state index in [1.807, 2.05) is 18.2 Å². The van der Waals surface area contributed by atoms with Crippen molar-refractivity contribution >= 4 is 44.6 Å². The quantitative estimate of drug-likeness (QED) is 0.817.